The number of aliphatic hydroxyl groups excluding tert-OH is 1. The van der Waals surface area contributed by atoms with Crippen molar-refractivity contribution in [2.24, 2.45) is 0 Å². The van der Waals surface area contributed by atoms with Gasteiger partial charge in [-0.05, 0) is 25.1 Å². The van der Waals surface area contributed by atoms with E-state index in [4.69, 9.17) is 9.40 Å². The van der Waals surface area contributed by atoms with E-state index in [0.717, 1.165) is 11.3 Å². The molecule has 4 aromatic rings. The summed E-state index contributed by atoms with van der Waals surface area (Å²) in [5.41, 5.74) is 2.75. The molecule has 4 rings (SSSR count). The third-order valence-corrected chi connectivity index (χ3v) is 4.83. The average Bonchev–Trinajstić information content (AvgIpc) is 3.42. The first kappa shape index (κ1) is 18.9. The molecule has 148 valence electrons. The third-order valence-electron chi connectivity index (χ3n) is 4.83. The van der Waals surface area contributed by atoms with E-state index < -0.39 is 0 Å². The first-order valence-electron chi connectivity index (χ1n) is 9.55. The summed E-state index contributed by atoms with van der Waals surface area (Å²) < 4.78 is 7.18. The van der Waals surface area contributed by atoms with Crippen molar-refractivity contribution in [1.29, 1.82) is 0 Å². The number of furan rings is 1. The number of fused-ring (bicyclic) bond motifs is 1. The molecule has 1 amide bonds. The highest BCUT2D eigenvalue weighted by Crippen LogP contribution is 2.26. The number of benzene rings is 1. The highest BCUT2D eigenvalue weighted by molar-refractivity contribution is 6.06. The lowest BCUT2D eigenvalue weighted by molar-refractivity contribution is 0.0734. The average molecular weight is 390 g/mol. The van der Waals surface area contributed by atoms with Gasteiger partial charge in [0, 0.05) is 18.7 Å². The van der Waals surface area contributed by atoms with Crippen LogP contribution >= 0.6 is 0 Å². The Labute approximate surface area is 168 Å². The number of carbonyl (C=O) groups is 1. The lowest BCUT2D eigenvalue weighted by Crippen LogP contribution is -2.33. The number of aromatic nitrogens is 3. The second kappa shape index (κ2) is 8.28. The number of nitrogens with zero attached hydrogens (tertiary/aromatic N) is 4. The van der Waals surface area contributed by atoms with Gasteiger partial charge in [0.15, 0.2) is 5.65 Å². The third kappa shape index (κ3) is 3.77. The predicted octanol–water partition coefficient (Wildman–Crippen LogP) is 3.19. The molecule has 0 aliphatic rings. The van der Waals surface area contributed by atoms with Gasteiger partial charge >= 0.3 is 0 Å². The minimum atomic E-state index is -0.149. The van der Waals surface area contributed by atoms with Gasteiger partial charge in [-0.2, -0.15) is 5.10 Å². The van der Waals surface area contributed by atoms with Crippen LogP contribution in [0.4, 0.5) is 0 Å². The summed E-state index contributed by atoms with van der Waals surface area (Å²) in [6, 6.07) is 15.2. The Morgan fingerprint density at radius 3 is 2.72 bits per heavy atom. The molecule has 0 atom stereocenters. The van der Waals surface area contributed by atoms with Gasteiger partial charge in [0.05, 0.1) is 35.7 Å². The minimum absolute atomic E-state index is 0.0862. The molecule has 1 aromatic carbocycles. The molecule has 0 saturated heterocycles. The van der Waals surface area contributed by atoms with Gasteiger partial charge in [-0.1, -0.05) is 30.3 Å². The van der Waals surface area contributed by atoms with Crippen LogP contribution in [0.3, 0.4) is 0 Å². The van der Waals surface area contributed by atoms with Gasteiger partial charge in [-0.25, -0.2) is 9.67 Å². The van der Waals surface area contributed by atoms with Gasteiger partial charge in [0.25, 0.3) is 5.91 Å². The zero-order valence-corrected chi connectivity index (χ0v) is 16.2. The fourth-order valence-electron chi connectivity index (χ4n) is 3.34. The maximum atomic E-state index is 13.2. The van der Waals surface area contributed by atoms with Crippen LogP contribution in [0.5, 0.6) is 0 Å². The second-order valence-electron chi connectivity index (χ2n) is 6.65. The van der Waals surface area contributed by atoms with Crippen LogP contribution in [0.25, 0.3) is 22.3 Å². The molecule has 1 N–H and O–H groups in total. The monoisotopic (exact) mass is 390 g/mol. The van der Waals surface area contributed by atoms with Crippen LogP contribution in [0.1, 0.15) is 23.0 Å². The van der Waals surface area contributed by atoms with Crippen molar-refractivity contribution in [3.8, 4) is 11.3 Å². The molecule has 0 unspecified atom stereocenters. The van der Waals surface area contributed by atoms with Gasteiger partial charge in [0.1, 0.15) is 12.3 Å². The minimum Gasteiger partial charge on any atom is -0.467 e. The molecule has 0 saturated carbocycles. The molecule has 7 nitrogen and oxygen atoms in total. The molecule has 29 heavy (non-hydrogen) atoms. The molecular formula is C22H22N4O3. The Bertz CT molecular complexity index is 1100. The highest BCUT2D eigenvalue weighted by atomic mass is 16.3. The van der Waals surface area contributed by atoms with Crippen LogP contribution in [0.2, 0.25) is 0 Å². The number of pyridine rings is 1. The largest absolute Gasteiger partial charge is 0.467 e. The Morgan fingerprint density at radius 1 is 1.21 bits per heavy atom. The lowest BCUT2D eigenvalue weighted by Gasteiger charge is -2.20. The number of carbonyl (C=O) groups excluding carboxylic acids is 1. The van der Waals surface area contributed by atoms with Gasteiger partial charge in [-0.15, -0.1) is 0 Å². The summed E-state index contributed by atoms with van der Waals surface area (Å²) in [6.07, 6.45) is 3.28. The zero-order valence-electron chi connectivity index (χ0n) is 16.2. The molecule has 0 radical (unpaired) electrons. The van der Waals surface area contributed by atoms with Gasteiger partial charge in [-0.3, -0.25) is 4.79 Å². The molecule has 0 aliphatic carbocycles. The summed E-state index contributed by atoms with van der Waals surface area (Å²) in [5.74, 6) is 0.605. The second-order valence-corrected chi connectivity index (χ2v) is 6.65. The first-order chi connectivity index (χ1) is 14.2. The number of hydrogen-bond donors (Lipinski definition) is 1. The number of likely N-dealkylation sites (N-methyl/N-ethyl adjacent to an activating group) is 1. The molecule has 0 fully saturated rings. The fourth-order valence-corrected chi connectivity index (χ4v) is 3.34. The fraction of sp³-hybridized carbons (Fsp3) is 0.227. The van der Waals surface area contributed by atoms with Crippen molar-refractivity contribution in [2.75, 3.05) is 19.7 Å². The van der Waals surface area contributed by atoms with Crippen molar-refractivity contribution in [3.63, 3.8) is 0 Å². The molecule has 3 heterocycles. The number of amides is 1. The van der Waals surface area contributed by atoms with Crippen LogP contribution < -0.4 is 0 Å². The number of aliphatic hydroxyl groups is 1. The number of hydrogen-bond acceptors (Lipinski definition) is 5. The Balaban J connectivity index is 1.87. The lowest BCUT2D eigenvalue weighted by atomic mass is 10.1. The van der Waals surface area contributed by atoms with Crippen LogP contribution in [-0.2, 0) is 6.54 Å². The van der Waals surface area contributed by atoms with Crippen molar-refractivity contribution < 1.29 is 14.3 Å². The van der Waals surface area contributed by atoms with Crippen molar-refractivity contribution in [2.45, 2.75) is 13.5 Å². The molecular weight excluding hydrogens is 368 g/mol. The van der Waals surface area contributed by atoms with E-state index in [1.54, 1.807) is 28.1 Å². The normalized spacial score (nSPS) is 11.1. The molecule has 0 aliphatic heterocycles. The van der Waals surface area contributed by atoms with Crippen LogP contribution in [-0.4, -0.2) is 50.4 Å². The summed E-state index contributed by atoms with van der Waals surface area (Å²) >= 11 is 0. The molecule has 3 aromatic heterocycles. The van der Waals surface area contributed by atoms with Gasteiger partial charge in [0.2, 0.25) is 0 Å². The number of rotatable bonds is 7. The SMILES string of the molecule is CCN(CCO)C(=O)c1cc(-c2ccccc2)nc2c1cnn2Cc1ccco1. The molecule has 0 bridgehead atoms. The first-order valence-corrected chi connectivity index (χ1v) is 9.55. The smallest absolute Gasteiger partial charge is 0.254 e. The van der Waals surface area contributed by atoms with Crippen LogP contribution in [0.15, 0.2) is 65.4 Å². The standard InChI is InChI=1S/C22H22N4O3/c1-2-25(10-11-27)22(28)18-13-20(16-7-4-3-5-8-16)24-21-19(18)14-23-26(21)15-17-9-6-12-29-17/h3-9,12-14,27H,2,10-11,15H2,1H3. The van der Waals surface area contributed by atoms with E-state index in [9.17, 15) is 9.90 Å². The van der Waals surface area contributed by atoms with E-state index in [1.165, 1.54) is 0 Å². The van der Waals surface area contributed by atoms with Crippen molar-refractivity contribution in [3.05, 3.63) is 72.3 Å². The van der Waals surface area contributed by atoms with E-state index >= 15 is 0 Å². The van der Waals surface area contributed by atoms with Crippen molar-refractivity contribution >= 4 is 16.9 Å². The Hall–Kier alpha value is -3.45. The predicted molar refractivity (Wildman–Crippen MR) is 109 cm³/mol. The van der Waals surface area contributed by atoms with Gasteiger partial charge < -0.3 is 14.4 Å². The highest BCUT2D eigenvalue weighted by Gasteiger charge is 2.21. The van der Waals surface area contributed by atoms with E-state index in [0.29, 0.717) is 35.4 Å². The summed E-state index contributed by atoms with van der Waals surface area (Å²) in [4.78, 5) is 19.6. The van der Waals surface area contributed by atoms with E-state index in [1.807, 2.05) is 49.4 Å². The molecule has 7 heteroatoms. The summed E-state index contributed by atoms with van der Waals surface area (Å²) in [5, 5.41) is 14.5. The molecule has 0 spiro atoms. The topological polar surface area (TPSA) is 84.4 Å². The quantitative estimate of drug-likeness (QED) is 0.524. The zero-order chi connectivity index (χ0) is 20.2. The van der Waals surface area contributed by atoms with E-state index in [-0.39, 0.29) is 19.1 Å². The summed E-state index contributed by atoms with van der Waals surface area (Å²) in [7, 11) is 0. The van der Waals surface area contributed by atoms with Crippen LogP contribution in [0, 0.1) is 0 Å². The van der Waals surface area contributed by atoms with E-state index in [2.05, 4.69) is 5.10 Å². The maximum absolute atomic E-state index is 13.2. The Kier molecular flexibility index (Phi) is 5.39. The maximum Gasteiger partial charge on any atom is 0.254 e. The summed E-state index contributed by atoms with van der Waals surface area (Å²) in [6.45, 7) is 3.01. The van der Waals surface area contributed by atoms with Crippen molar-refractivity contribution in [1.82, 2.24) is 19.7 Å². The Morgan fingerprint density at radius 2 is 2.03 bits per heavy atom.